The van der Waals surface area contributed by atoms with Crippen LogP contribution in [-0.4, -0.2) is 29.9 Å². The number of carbonyl (C=O) groups excluding carboxylic acids is 1. The molecule has 0 radical (unpaired) electrons. The van der Waals surface area contributed by atoms with Gasteiger partial charge in [0.15, 0.2) is 0 Å². The zero-order valence-electron chi connectivity index (χ0n) is 11.9. The minimum Gasteiger partial charge on any atom is -0.355 e. The summed E-state index contributed by atoms with van der Waals surface area (Å²) >= 11 is 0. The quantitative estimate of drug-likeness (QED) is 0.932. The molecule has 1 atom stereocenters. The molecule has 0 saturated carbocycles. The first-order valence-corrected chi connectivity index (χ1v) is 6.50. The third-order valence-electron chi connectivity index (χ3n) is 3.01. The Morgan fingerprint density at radius 3 is 2.48 bits per heavy atom. The fourth-order valence-corrected chi connectivity index (χ4v) is 1.88. The fourth-order valence-electron chi connectivity index (χ4n) is 1.88. The molecule has 0 unspecified atom stereocenters. The van der Waals surface area contributed by atoms with E-state index in [2.05, 4.69) is 10.3 Å². The largest absolute Gasteiger partial charge is 0.355 e. The summed E-state index contributed by atoms with van der Waals surface area (Å²) in [7, 11) is 3.43. The highest BCUT2D eigenvalue weighted by Gasteiger charge is 2.22. The van der Waals surface area contributed by atoms with E-state index < -0.39 is 6.04 Å². The maximum absolute atomic E-state index is 12.4. The number of aromatic nitrogens is 1. The molecule has 0 aliphatic heterocycles. The molecule has 5 nitrogen and oxygen atoms in total. The summed E-state index contributed by atoms with van der Waals surface area (Å²) in [5.74, 6) is 0.491. The van der Waals surface area contributed by atoms with Crippen LogP contribution in [0.5, 0.6) is 0 Å². The van der Waals surface area contributed by atoms with Crippen LogP contribution in [0.2, 0.25) is 0 Å². The lowest BCUT2D eigenvalue weighted by molar-refractivity contribution is -0.129. The van der Waals surface area contributed by atoms with Gasteiger partial charge in [-0.25, -0.2) is 4.98 Å². The normalized spacial score (nSPS) is 11.3. The van der Waals surface area contributed by atoms with Crippen LogP contribution in [0.15, 0.2) is 48.7 Å². The molecule has 0 spiro atoms. The molecule has 21 heavy (non-hydrogen) atoms. The van der Waals surface area contributed by atoms with Crippen LogP contribution >= 0.6 is 0 Å². The Hall–Kier alpha value is -2.87. The monoisotopic (exact) mass is 280 g/mol. The summed E-state index contributed by atoms with van der Waals surface area (Å²) in [5.41, 5.74) is 1.35. The van der Waals surface area contributed by atoms with Crippen molar-refractivity contribution in [1.29, 1.82) is 5.26 Å². The number of carbonyl (C=O) groups is 1. The fraction of sp³-hybridized carbons (Fsp3) is 0.188. The van der Waals surface area contributed by atoms with E-state index in [4.69, 9.17) is 5.26 Å². The molecule has 0 aliphatic carbocycles. The Kier molecular flexibility index (Phi) is 4.52. The number of nitrogens with one attached hydrogen (secondary N) is 1. The van der Waals surface area contributed by atoms with Gasteiger partial charge in [-0.3, -0.25) is 4.79 Å². The zero-order valence-corrected chi connectivity index (χ0v) is 11.9. The Morgan fingerprint density at radius 2 is 1.95 bits per heavy atom. The molecule has 106 valence electrons. The van der Waals surface area contributed by atoms with Crippen molar-refractivity contribution >= 4 is 11.7 Å². The van der Waals surface area contributed by atoms with Gasteiger partial charge in [0, 0.05) is 20.3 Å². The minimum atomic E-state index is -0.512. The molecule has 1 amide bonds. The second-order valence-corrected chi connectivity index (χ2v) is 4.76. The van der Waals surface area contributed by atoms with E-state index in [-0.39, 0.29) is 5.91 Å². The molecule has 0 fully saturated rings. The lowest BCUT2D eigenvalue weighted by Gasteiger charge is -2.22. The smallest absolute Gasteiger partial charge is 0.249 e. The van der Waals surface area contributed by atoms with Crippen molar-refractivity contribution in [2.24, 2.45) is 0 Å². The number of hydrogen-bond donors (Lipinski definition) is 1. The molecule has 1 aromatic carbocycles. The summed E-state index contributed by atoms with van der Waals surface area (Å²) in [6, 6.07) is 14.3. The number of anilines is 1. The van der Waals surface area contributed by atoms with Crippen molar-refractivity contribution in [3.8, 4) is 6.07 Å². The number of likely N-dealkylation sites (N-methyl/N-ethyl adjacent to an activating group) is 1. The lowest BCUT2D eigenvalue weighted by atomic mass is 10.1. The molecule has 1 aromatic heterocycles. The molecule has 5 heteroatoms. The van der Waals surface area contributed by atoms with E-state index in [1.165, 1.54) is 11.1 Å². The Balaban J connectivity index is 2.28. The average Bonchev–Trinajstić information content (AvgIpc) is 2.53. The van der Waals surface area contributed by atoms with Crippen molar-refractivity contribution in [1.82, 2.24) is 9.88 Å². The van der Waals surface area contributed by atoms with Gasteiger partial charge in [0.25, 0.3) is 0 Å². The topological polar surface area (TPSA) is 69.0 Å². The van der Waals surface area contributed by atoms with E-state index in [0.717, 1.165) is 5.56 Å². The minimum absolute atomic E-state index is 0.0626. The number of hydrogen-bond acceptors (Lipinski definition) is 4. The third-order valence-corrected chi connectivity index (χ3v) is 3.01. The summed E-state index contributed by atoms with van der Waals surface area (Å²) in [6.45, 7) is 0. The summed E-state index contributed by atoms with van der Waals surface area (Å²) in [4.78, 5) is 18.0. The Labute approximate surface area is 123 Å². The summed E-state index contributed by atoms with van der Waals surface area (Å²) in [6.07, 6.45) is 1.48. The van der Waals surface area contributed by atoms with Crippen LogP contribution in [-0.2, 0) is 4.79 Å². The van der Waals surface area contributed by atoms with Crippen molar-refractivity contribution in [2.75, 3.05) is 19.4 Å². The third kappa shape index (κ3) is 3.57. The lowest BCUT2D eigenvalue weighted by Crippen LogP contribution is -2.32. The van der Waals surface area contributed by atoms with Gasteiger partial charge in [0.05, 0.1) is 5.56 Å². The number of benzene rings is 1. The number of pyridine rings is 1. The maximum Gasteiger partial charge on any atom is 0.249 e. The molecule has 1 N–H and O–H groups in total. The first-order chi connectivity index (χ1) is 10.1. The summed E-state index contributed by atoms with van der Waals surface area (Å²) < 4.78 is 0. The second kappa shape index (κ2) is 6.53. The van der Waals surface area contributed by atoms with Crippen LogP contribution in [0.3, 0.4) is 0 Å². The number of nitrogens with zero attached hydrogens (tertiary/aromatic N) is 3. The van der Waals surface area contributed by atoms with E-state index in [9.17, 15) is 4.79 Å². The van der Waals surface area contributed by atoms with Crippen molar-refractivity contribution in [3.05, 3.63) is 59.8 Å². The van der Waals surface area contributed by atoms with Crippen LogP contribution in [0.25, 0.3) is 0 Å². The van der Waals surface area contributed by atoms with Gasteiger partial charge in [-0.15, -0.1) is 0 Å². The Morgan fingerprint density at radius 1 is 1.24 bits per heavy atom. The predicted octanol–water partition coefficient (Wildman–Crippen LogP) is 2.19. The van der Waals surface area contributed by atoms with Gasteiger partial charge < -0.3 is 10.2 Å². The van der Waals surface area contributed by atoms with Gasteiger partial charge in [-0.2, -0.15) is 5.26 Å². The maximum atomic E-state index is 12.4. The molecule has 0 saturated heterocycles. The van der Waals surface area contributed by atoms with Crippen LogP contribution < -0.4 is 5.32 Å². The molecular weight excluding hydrogens is 264 g/mol. The van der Waals surface area contributed by atoms with E-state index in [1.54, 1.807) is 26.2 Å². The van der Waals surface area contributed by atoms with Gasteiger partial charge in [0.1, 0.15) is 17.9 Å². The molecule has 1 heterocycles. The average molecular weight is 280 g/mol. The number of amides is 1. The highest BCUT2D eigenvalue weighted by molar-refractivity contribution is 5.85. The van der Waals surface area contributed by atoms with E-state index >= 15 is 0 Å². The Bertz CT molecular complexity index is 644. The van der Waals surface area contributed by atoms with E-state index in [1.807, 2.05) is 36.4 Å². The molecule has 2 aromatic rings. The molecular formula is C16H16N4O. The number of nitriles is 1. The first kappa shape index (κ1) is 14.5. The van der Waals surface area contributed by atoms with Crippen molar-refractivity contribution in [3.63, 3.8) is 0 Å². The molecule has 0 bridgehead atoms. The van der Waals surface area contributed by atoms with Crippen LogP contribution in [0, 0.1) is 11.3 Å². The SMILES string of the molecule is CN(C)C(=O)[C@@H](Nc1ccc(C#N)cn1)c1ccccc1. The first-order valence-electron chi connectivity index (χ1n) is 6.50. The number of rotatable bonds is 4. The van der Waals surface area contributed by atoms with Gasteiger partial charge in [0.2, 0.25) is 5.91 Å². The molecule has 0 aliphatic rings. The van der Waals surface area contributed by atoms with Crippen LogP contribution in [0.1, 0.15) is 17.2 Å². The standard InChI is InChI=1S/C16H16N4O/c1-20(2)16(21)15(13-6-4-3-5-7-13)19-14-9-8-12(10-17)11-18-14/h3-9,11,15H,1-2H3,(H,18,19)/t15-/m0/s1. The van der Waals surface area contributed by atoms with Crippen molar-refractivity contribution in [2.45, 2.75) is 6.04 Å². The van der Waals surface area contributed by atoms with Crippen molar-refractivity contribution < 1.29 is 4.79 Å². The predicted molar refractivity (Wildman–Crippen MR) is 80.5 cm³/mol. The second-order valence-electron chi connectivity index (χ2n) is 4.76. The van der Waals surface area contributed by atoms with Crippen LogP contribution in [0.4, 0.5) is 5.82 Å². The van der Waals surface area contributed by atoms with Gasteiger partial charge >= 0.3 is 0 Å². The summed E-state index contributed by atoms with van der Waals surface area (Å²) in [5, 5.41) is 11.9. The molecule has 2 rings (SSSR count). The highest BCUT2D eigenvalue weighted by Crippen LogP contribution is 2.20. The van der Waals surface area contributed by atoms with Gasteiger partial charge in [-0.05, 0) is 17.7 Å². The van der Waals surface area contributed by atoms with E-state index in [0.29, 0.717) is 11.4 Å². The zero-order chi connectivity index (χ0) is 15.2. The highest BCUT2D eigenvalue weighted by atomic mass is 16.2. The van der Waals surface area contributed by atoms with Gasteiger partial charge in [-0.1, -0.05) is 30.3 Å².